The summed E-state index contributed by atoms with van der Waals surface area (Å²) in [5.74, 6) is 0.756. The Kier molecular flexibility index (Phi) is 34.1. The maximum atomic E-state index is 12.6. The average Bonchev–Trinajstić information content (AvgIpc) is 3.06. The van der Waals surface area contributed by atoms with Gasteiger partial charge in [-0.2, -0.15) is 0 Å². The Morgan fingerprint density at radius 2 is 0.792 bits per heavy atom. The molecule has 0 N–H and O–H groups in total. The van der Waals surface area contributed by atoms with Crippen molar-refractivity contribution in [1.29, 1.82) is 0 Å². The summed E-state index contributed by atoms with van der Waals surface area (Å²) < 4.78 is 16.6. The fourth-order valence-corrected chi connectivity index (χ4v) is 6.01. The van der Waals surface area contributed by atoms with Crippen LogP contribution in [-0.4, -0.2) is 37.2 Å². The maximum Gasteiger partial charge on any atom is 0.306 e. The van der Waals surface area contributed by atoms with Crippen LogP contribution in [0.5, 0.6) is 0 Å². The van der Waals surface area contributed by atoms with Crippen molar-refractivity contribution in [2.24, 2.45) is 11.8 Å². The van der Waals surface area contributed by atoms with E-state index in [1.54, 1.807) is 0 Å². The van der Waals surface area contributed by atoms with Gasteiger partial charge in [-0.05, 0) is 31.1 Å². The quantitative estimate of drug-likeness (QED) is 0.0372. The zero-order chi connectivity index (χ0) is 35.5. The Balaban J connectivity index is 4.31. The highest BCUT2D eigenvalue weighted by atomic mass is 16.6. The molecule has 0 aromatic heterocycles. The molecule has 6 nitrogen and oxygen atoms in total. The number of carbonyl (C=O) groups is 3. The van der Waals surface area contributed by atoms with Crippen LogP contribution in [0.2, 0.25) is 0 Å². The van der Waals surface area contributed by atoms with Crippen molar-refractivity contribution < 1.29 is 28.6 Å². The molecule has 0 saturated carbocycles. The number of hydrogen-bond donors (Lipinski definition) is 0. The Morgan fingerprint density at radius 3 is 1.19 bits per heavy atom. The molecule has 0 bridgehead atoms. The smallest absolute Gasteiger partial charge is 0.306 e. The van der Waals surface area contributed by atoms with Gasteiger partial charge in [0.15, 0.2) is 6.10 Å². The van der Waals surface area contributed by atoms with Gasteiger partial charge in [0.2, 0.25) is 0 Å². The van der Waals surface area contributed by atoms with Gasteiger partial charge in [-0.15, -0.1) is 0 Å². The third-order valence-corrected chi connectivity index (χ3v) is 9.58. The van der Waals surface area contributed by atoms with Gasteiger partial charge in [0.05, 0.1) is 0 Å². The van der Waals surface area contributed by atoms with Crippen molar-refractivity contribution in [2.45, 2.75) is 227 Å². The molecule has 0 aliphatic heterocycles. The van der Waals surface area contributed by atoms with Crippen LogP contribution in [0.4, 0.5) is 0 Å². The molecule has 0 aliphatic carbocycles. The van der Waals surface area contributed by atoms with E-state index in [1.165, 1.54) is 109 Å². The number of ether oxygens (including phenoxy) is 3. The number of carbonyl (C=O) groups excluding carboxylic acids is 3. The number of unbranched alkanes of at least 4 members (excludes halogenated alkanes) is 20. The lowest BCUT2D eigenvalue weighted by atomic mass is 10.00. The van der Waals surface area contributed by atoms with Crippen LogP contribution in [0, 0.1) is 11.8 Å². The van der Waals surface area contributed by atoms with Gasteiger partial charge in [0, 0.05) is 19.3 Å². The molecule has 0 fully saturated rings. The Morgan fingerprint density at radius 1 is 0.438 bits per heavy atom. The molecule has 284 valence electrons. The van der Waals surface area contributed by atoms with E-state index in [9.17, 15) is 14.4 Å². The predicted octanol–water partition coefficient (Wildman–Crippen LogP) is 12.6. The lowest BCUT2D eigenvalue weighted by molar-refractivity contribution is -0.167. The van der Waals surface area contributed by atoms with Gasteiger partial charge in [0.25, 0.3) is 0 Å². The first kappa shape index (κ1) is 46.4. The van der Waals surface area contributed by atoms with Gasteiger partial charge in [0.1, 0.15) is 13.2 Å². The molecule has 0 spiro atoms. The van der Waals surface area contributed by atoms with Crippen molar-refractivity contribution >= 4 is 17.9 Å². The van der Waals surface area contributed by atoms with E-state index in [-0.39, 0.29) is 31.1 Å². The second kappa shape index (κ2) is 35.2. The van der Waals surface area contributed by atoms with E-state index >= 15 is 0 Å². The highest BCUT2D eigenvalue weighted by Crippen LogP contribution is 2.16. The standard InChI is InChI=1S/C42H80O6/c1-6-8-9-10-15-22-27-32-40(43)46-35-39(48-42(45)34-29-24-19-18-21-26-31-38(5)7-2)36-47-41(44)33-28-23-17-14-12-11-13-16-20-25-30-37(3)4/h37-39H,6-36H2,1-5H3/t38?,39-/m0/s1. The minimum Gasteiger partial charge on any atom is -0.462 e. The molecule has 2 atom stereocenters. The van der Waals surface area contributed by atoms with E-state index in [0.29, 0.717) is 19.3 Å². The van der Waals surface area contributed by atoms with Crippen LogP contribution in [0.3, 0.4) is 0 Å². The normalized spacial score (nSPS) is 12.6. The van der Waals surface area contributed by atoms with Crippen molar-refractivity contribution in [2.75, 3.05) is 13.2 Å². The first-order chi connectivity index (χ1) is 23.3. The van der Waals surface area contributed by atoms with Gasteiger partial charge >= 0.3 is 17.9 Å². The Bertz CT molecular complexity index is 736. The zero-order valence-electron chi connectivity index (χ0n) is 32.6. The minimum absolute atomic E-state index is 0.0668. The first-order valence-corrected chi connectivity index (χ1v) is 20.8. The summed E-state index contributed by atoms with van der Waals surface area (Å²) in [6, 6.07) is 0. The first-order valence-electron chi connectivity index (χ1n) is 20.8. The number of hydrogen-bond acceptors (Lipinski definition) is 6. The Hall–Kier alpha value is -1.59. The Labute approximate surface area is 298 Å². The molecule has 6 heteroatoms. The van der Waals surface area contributed by atoms with Crippen LogP contribution >= 0.6 is 0 Å². The van der Waals surface area contributed by atoms with E-state index in [2.05, 4.69) is 34.6 Å². The largest absolute Gasteiger partial charge is 0.462 e. The summed E-state index contributed by atoms with van der Waals surface area (Å²) in [6.45, 7) is 11.2. The van der Waals surface area contributed by atoms with Crippen LogP contribution in [0.25, 0.3) is 0 Å². The van der Waals surface area contributed by atoms with Gasteiger partial charge in [-0.25, -0.2) is 0 Å². The van der Waals surface area contributed by atoms with Crippen molar-refractivity contribution in [3.63, 3.8) is 0 Å². The molecular formula is C42H80O6. The van der Waals surface area contributed by atoms with E-state index in [1.807, 2.05) is 0 Å². The van der Waals surface area contributed by atoms with Crippen LogP contribution in [0.15, 0.2) is 0 Å². The van der Waals surface area contributed by atoms with Crippen LogP contribution < -0.4 is 0 Å². The molecule has 1 unspecified atom stereocenters. The highest BCUT2D eigenvalue weighted by Gasteiger charge is 2.19. The maximum absolute atomic E-state index is 12.6. The third-order valence-electron chi connectivity index (χ3n) is 9.58. The molecule has 0 aromatic rings. The lowest BCUT2D eigenvalue weighted by Gasteiger charge is -2.18. The third kappa shape index (κ3) is 34.3. The van der Waals surface area contributed by atoms with Crippen molar-refractivity contribution in [1.82, 2.24) is 0 Å². The average molecular weight is 681 g/mol. The topological polar surface area (TPSA) is 78.9 Å². The summed E-state index contributed by atoms with van der Waals surface area (Å²) >= 11 is 0. The summed E-state index contributed by atoms with van der Waals surface area (Å²) in [7, 11) is 0. The zero-order valence-corrected chi connectivity index (χ0v) is 32.6. The molecule has 48 heavy (non-hydrogen) atoms. The SMILES string of the molecule is CCCCCCCCCC(=O)OC[C@@H](COC(=O)CCCCCCCCCCCCC(C)C)OC(=O)CCCCCCCCC(C)CC. The molecule has 0 amide bonds. The fourth-order valence-electron chi connectivity index (χ4n) is 6.01. The van der Waals surface area contributed by atoms with E-state index < -0.39 is 6.10 Å². The molecule has 0 aliphatic rings. The highest BCUT2D eigenvalue weighted by molar-refractivity contribution is 5.71. The second-order valence-corrected chi connectivity index (χ2v) is 15.0. The number of rotatable bonds is 36. The molecule has 0 heterocycles. The molecule has 0 radical (unpaired) electrons. The van der Waals surface area contributed by atoms with Crippen molar-refractivity contribution in [3.05, 3.63) is 0 Å². The number of esters is 3. The van der Waals surface area contributed by atoms with E-state index in [0.717, 1.165) is 69.6 Å². The van der Waals surface area contributed by atoms with Crippen LogP contribution in [-0.2, 0) is 28.6 Å². The van der Waals surface area contributed by atoms with Crippen LogP contribution in [0.1, 0.15) is 221 Å². The molecule has 0 aromatic carbocycles. The molecule has 0 saturated heterocycles. The molecular weight excluding hydrogens is 600 g/mol. The minimum atomic E-state index is -0.759. The summed E-state index contributed by atoms with van der Waals surface area (Å²) in [5, 5.41) is 0. The summed E-state index contributed by atoms with van der Waals surface area (Å²) in [4.78, 5) is 37.4. The fraction of sp³-hybridized carbons (Fsp3) is 0.929. The van der Waals surface area contributed by atoms with Gasteiger partial charge < -0.3 is 14.2 Å². The predicted molar refractivity (Wildman–Crippen MR) is 201 cm³/mol. The second-order valence-electron chi connectivity index (χ2n) is 15.0. The van der Waals surface area contributed by atoms with Gasteiger partial charge in [-0.1, -0.05) is 182 Å². The molecule has 0 rings (SSSR count). The van der Waals surface area contributed by atoms with E-state index in [4.69, 9.17) is 14.2 Å². The lowest BCUT2D eigenvalue weighted by Crippen LogP contribution is -2.30. The van der Waals surface area contributed by atoms with Crippen molar-refractivity contribution in [3.8, 4) is 0 Å². The summed E-state index contributed by atoms with van der Waals surface area (Å²) in [6.07, 6.45) is 31.0. The monoisotopic (exact) mass is 681 g/mol. The van der Waals surface area contributed by atoms with Gasteiger partial charge in [-0.3, -0.25) is 14.4 Å². The summed E-state index contributed by atoms with van der Waals surface area (Å²) in [5.41, 5.74) is 0.